The fourth-order valence-electron chi connectivity index (χ4n) is 1.78. The third-order valence-corrected chi connectivity index (χ3v) is 3.81. The molecule has 0 bridgehead atoms. The maximum atomic E-state index is 12.3. The van der Waals surface area contributed by atoms with Gasteiger partial charge in [-0.25, -0.2) is 4.79 Å². The van der Waals surface area contributed by atoms with Gasteiger partial charge >= 0.3 is 6.09 Å². The molecule has 1 aromatic rings. The van der Waals surface area contributed by atoms with Crippen molar-refractivity contribution >= 4 is 33.6 Å². The molecule has 0 aliphatic heterocycles. The van der Waals surface area contributed by atoms with Crippen LogP contribution < -0.4 is 10.6 Å². The van der Waals surface area contributed by atoms with E-state index in [1.54, 1.807) is 13.0 Å². The van der Waals surface area contributed by atoms with E-state index in [1.807, 2.05) is 32.9 Å². The molecule has 1 rings (SSSR count). The molecule has 0 aliphatic carbocycles. The number of rotatable bonds is 5. The van der Waals surface area contributed by atoms with Crippen LogP contribution in [0, 0.1) is 12.8 Å². The first-order chi connectivity index (χ1) is 9.85. The summed E-state index contributed by atoms with van der Waals surface area (Å²) in [7, 11) is 0. The van der Waals surface area contributed by atoms with Crippen LogP contribution in [0.4, 0.5) is 10.5 Å². The van der Waals surface area contributed by atoms with Gasteiger partial charge in [0.1, 0.15) is 6.04 Å². The lowest BCUT2D eigenvalue weighted by Gasteiger charge is -2.21. The lowest BCUT2D eigenvalue weighted by atomic mass is 10.0. The van der Waals surface area contributed by atoms with Gasteiger partial charge in [0.25, 0.3) is 0 Å². The summed E-state index contributed by atoms with van der Waals surface area (Å²) in [6.07, 6.45) is -0.585. The number of hydrogen-bond acceptors (Lipinski definition) is 3. The Morgan fingerprint density at radius 3 is 2.52 bits per heavy atom. The molecule has 2 N–H and O–H groups in total. The van der Waals surface area contributed by atoms with Crippen LogP contribution in [0.5, 0.6) is 0 Å². The van der Waals surface area contributed by atoms with Crippen molar-refractivity contribution in [2.75, 3.05) is 11.9 Å². The molecule has 1 aromatic carbocycles. The molecular weight excluding hydrogens is 336 g/mol. The Hall–Kier alpha value is -1.56. The Labute approximate surface area is 133 Å². The summed E-state index contributed by atoms with van der Waals surface area (Å²) in [5, 5.41) is 5.39. The normalized spacial score (nSPS) is 11.9. The van der Waals surface area contributed by atoms with E-state index in [1.165, 1.54) is 0 Å². The lowest BCUT2D eigenvalue weighted by Crippen LogP contribution is -2.47. The zero-order valence-corrected chi connectivity index (χ0v) is 14.3. The second kappa shape index (κ2) is 8.02. The van der Waals surface area contributed by atoms with Crippen molar-refractivity contribution in [2.24, 2.45) is 5.92 Å². The largest absolute Gasteiger partial charge is 0.450 e. The van der Waals surface area contributed by atoms with Crippen LogP contribution in [0.15, 0.2) is 22.7 Å². The van der Waals surface area contributed by atoms with Crippen molar-refractivity contribution in [1.82, 2.24) is 5.32 Å². The molecule has 0 saturated heterocycles. The number of nitrogens with one attached hydrogen (secondary N) is 2. The summed E-state index contributed by atoms with van der Waals surface area (Å²) in [5.74, 6) is -0.314. The van der Waals surface area contributed by atoms with Crippen molar-refractivity contribution in [2.45, 2.75) is 33.7 Å². The highest BCUT2D eigenvalue weighted by Gasteiger charge is 2.24. The van der Waals surface area contributed by atoms with E-state index < -0.39 is 12.1 Å². The second-order valence-electron chi connectivity index (χ2n) is 5.04. The highest BCUT2D eigenvalue weighted by Crippen LogP contribution is 2.20. The summed E-state index contributed by atoms with van der Waals surface area (Å²) in [6.45, 7) is 7.65. The fourth-order valence-corrected chi connectivity index (χ4v) is 2.02. The van der Waals surface area contributed by atoms with E-state index in [9.17, 15) is 9.59 Å². The van der Waals surface area contributed by atoms with Gasteiger partial charge in [0, 0.05) is 10.2 Å². The Morgan fingerprint density at radius 1 is 1.33 bits per heavy atom. The van der Waals surface area contributed by atoms with Crippen LogP contribution in [0.2, 0.25) is 0 Å². The first kappa shape index (κ1) is 17.5. The quantitative estimate of drug-likeness (QED) is 0.848. The molecule has 21 heavy (non-hydrogen) atoms. The topological polar surface area (TPSA) is 67.4 Å². The maximum Gasteiger partial charge on any atom is 0.407 e. The number of aryl methyl sites for hydroxylation is 1. The second-order valence-corrected chi connectivity index (χ2v) is 5.89. The summed E-state index contributed by atoms with van der Waals surface area (Å²) in [6, 6.07) is 4.89. The Balaban J connectivity index is 2.76. The van der Waals surface area contributed by atoms with Gasteiger partial charge in [0.2, 0.25) is 5.91 Å². The first-order valence-corrected chi connectivity index (χ1v) is 7.64. The van der Waals surface area contributed by atoms with E-state index in [0.29, 0.717) is 5.69 Å². The number of anilines is 1. The van der Waals surface area contributed by atoms with Gasteiger partial charge in [-0.05, 0) is 43.5 Å². The number of carbonyl (C=O) groups is 2. The highest BCUT2D eigenvalue weighted by molar-refractivity contribution is 9.10. The highest BCUT2D eigenvalue weighted by atomic mass is 79.9. The van der Waals surface area contributed by atoms with Gasteiger partial charge in [-0.2, -0.15) is 0 Å². The van der Waals surface area contributed by atoms with E-state index >= 15 is 0 Å². The van der Waals surface area contributed by atoms with Crippen LogP contribution in [-0.2, 0) is 9.53 Å². The molecule has 0 fully saturated rings. The fraction of sp³-hybridized carbons (Fsp3) is 0.467. The number of halogens is 1. The molecule has 1 unspecified atom stereocenters. The van der Waals surface area contributed by atoms with Crippen molar-refractivity contribution < 1.29 is 14.3 Å². The molecular formula is C15H21BrN2O3. The Morgan fingerprint density at radius 2 is 2.00 bits per heavy atom. The van der Waals surface area contributed by atoms with Crippen LogP contribution in [-0.4, -0.2) is 24.6 Å². The van der Waals surface area contributed by atoms with E-state index in [-0.39, 0.29) is 18.4 Å². The Bertz CT molecular complexity index is 518. The third-order valence-electron chi connectivity index (χ3n) is 2.92. The molecule has 6 heteroatoms. The molecule has 2 amide bonds. The molecule has 0 spiro atoms. The van der Waals surface area contributed by atoms with E-state index in [2.05, 4.69) is 26.6 Å². The minimum Gasteiger partial charge on any atom is -0.450 e. The number of benzene rings is 1. The minimum atomic E-state index is -0.645. The van der Waals surface area contributed by atoms with Crippen LogP contribution in [0.25, 0.3) is 0 Å². The van der Waals surface area contributed by atoms with Crippen molar-refractivity contribution in [3.05, 3.63) is 28.2 Å². The first-order valence-electron chi connectivity index (χ1n) is 6.85. The zero-order valence-electron chi connectivity index (χ0n) is 12.7. The third kappa shape index (κ3) is 5.38. The minimum absolute atomic E-state index is 0.0500. The predicted molar refractivity (Wildman–Crippen MR) is 86.3 cm³/mol. The Kier molecular flexibility index (Phi) is 6.68. The smallest absolute Gasteiger partial charge is 0.407 e. The molecule has 0 aliphatic rings. The van der Waals surface area contributed by atoms with Crippen molar-refractivity contribution in [3.8, 4) is 0 Å². The molecule has 1 atom stereocenters. The summed E-state index contributed by atoms with van der Waals surface area (Å²) in [5.41, 5.74) is 1.71. The standard InChI is InChI=1S/C15H21BrN2O3/c1-5-21-15(20)18-13(9(2)3)14(19)17-11-6-7-12(16)10(4)8-11/h6-9,13H,5H2,1-4H3,(H,17,19)(H,18,20). The molecule has 0 aromatic heterocycles. The van der Waals surface area contributed by atoms with Crippen molar-refractivity contribution in [3.63, 3.8) is 0 Å². The number of ether oxygens (including phenoxy) is 1. The monoisotopic (exact) mass is 356 g/mol. The van der Waals surface area contributed by atoms with Gasteiger partial charge in [-0.3, -0.25) is 4.79 Å². The SMILES string of the molecule is CCOC(=O)NC(C(=O)Nc1ccc(Br)c(C)c1)C(C)C. The van der Waals surface area contributed by atoms with Gasteiger partial charge in [0.15, 0.2) is 0 Å². The maximum absolute atomic E-state index is 12.3. The van der Waals surface area contributed by atoms with Gasteiger partial charge in [-0.15, -0.1) is 0 Å². The van der Waals surface area contributed by atoms with Gasteiger partial charge < -0.3 is 15.4 Å². The molecule has 0 saturated carbocycles. The van der Waals surface area contributed by atoms with Crippen LogP contribution >= 0.6 is 15.9 Å². The van der Waals surface area contributed by atoms with Crippen LogP contribution in [0.1, 0.15) is 26.3 Å². The average Bonchev–Trinajstić information content (AvgIpc) is 2.40. The van der Waals surface area contributed by atoms with Crippen LogP contribution in [0.3, 0.4) is 0 Å². The van der Waals surface area contributed by atoms with Gasteiger partial charge in [-0.1, -0.05) is 29.8 Å². The predicted octanol–water partition coefficient (Wildman–Crippen LogP) is 3.47. The number of alkyl carbamates (subject to hydrolysis) is 1. The summed E-state index contributed by atoms with van der Waals surface area (Å²) >= 11 is 3.41. The lowest BCUT2D eigenvalue weighted by molar-refractivity contribution is -0.119. The molecule has 0 radical (unpaired) electrons. The van der Waals surface area contributed by atoms with E-state index in [0.717, 1.165) is 10.0 Å². The van der Waals surface area contributed by atoms with Crippen molar-refractivity contribution in [1.29, 1.82) is 0 Å². The van der Waals surface area contributed by atoms with E-state index in [4.69, 9.17) is 4.74 Å². The number of hydrogen-bond donors (Lipinski definition) is 2. The molecule has 116 valence electrons. The van der Waals surface area contributed by atoms with Gasteiger partial charge in [0.05, 0.1) is 6.61 Å². The number of carbonyl (C=O) groups excluding carboxylic acids is 2. The molecule has 5 nitrogen and oxygen atoms in total. The molecule has 0 heterocycles. The number of amides is 2. The average molecular weight is 357 g/mol. The summed E-state index contributed by atoms with van der Waals surface area (Å²) < 4.78 is 5.80. The zero-order chi connectivity index (χ0) is 16.0. The summed E-state index contributed by atoms with van der Waals surface area (Å²) in [4.78, 5) is 23.8.